The third-order valence-electron chi connectivity index (χ3n) is 2.73. The summed E-state index contributed by atoms with van der Waals surface area (Å²) in [6.45, 7) is 1.24. The van der Waals surface area contributed by atoms with Crippen molar-refractivity contribution in [1.29, 1.82) is 0 Å². The molecule has 1 N–H and O–H groups in total. The normalized spacial score (nSPS) is 17.3. The Bertz CT molecular complexity index is 595. The second-order valence-corrected chi connectivity index (χ2v) is 6.85. The van der Waals surface area contributed by atoms with Gasteiger partial charge >= 0.3 is 5.97 Å². The summed E-state index contributed by atoms with van der Waals surface area (Å²) in [6, 6.07) is 3.93. The molecule has 0 saturated carbocycles. The molecule has 1 saturated heterocycles. The Morgan fingerprint density at radius 1 is 1.26 bits per heavy atom. The zero-order valence-electron chi connectivity index (χ0n) is 9.87. The fourth-order valence-corrected chi connectivity index (χ4v) is 3.90. The number of hydrogen-bond donors (Lipinski definition) is 1. The van der Waals surface area contributed by atoms with Crippen LogP contribution >= 0.6 is 15.9 Å². The number of hydrogen-bond acceptors (Lipinski definition) is 4. The Balaban J connectivity index is 2.42. The van der Waals surface area contributed by atoms with Gasteiger partial charge in [0.1, 0.15) is 0 Å². The first-order chi connectivity index (χ1) is 8.91. The number of nitrogens with zero attached hydrogens (tertiary/aromatic N) is 1. The van der Waals surface area contributed by atoms with Crippen LogP contribution in [0.25, 0.3) is 0 Å². The largest absolute Gasteiger partial charge is 0.478 e. The smallest absolute Gasteiger partial charge is 0.335 e. The molecule has 19 heavy (non-hydrogen) atoms. The first-order valence-electron chi connectivity index (χ1n) is 5.53. The van der Waals surface area contributed by atoms with E-state index in [2.05, 4.69) is 15.9 Å². The van der Waals surface area contributed by atoms with Crippen molar-refractivity contribution in [1.82, 2.24) is 4.31 Å². The Labute approximate surface area is 119 Å². The molecule has 1 aromatic rings. The summed E-state index contributed by atoms with van der Waals surface area (Å²) in [5.41, 5.74) is -0.0683. The molecule has 104 valence electrons. The lowest BCUT2D eigenvalue weighted by Gasteiger charge is -2.26. The van der Waals surface area contributed by atoms with Crippen LogP contribution in [-0.2, 0) is 14.8 Å². The van der Waals surface area contributed by atoms with Gasteiger partial charge in [0.2, 0.25) is 10.0 Å². The van der Waals surface area contributed by atoms with Gasteiger partial charge in [0, 0.05) is 17.6 Å². The maximum Gasteiger partial charge on any atom is 0.335 e. The van der Waals surface area contributed by atoms with Gasteiger partial charge in [-0.3, -0.25) is 0 Å². The van der Waals surface area contributed by atoms with Crippen LogP contribution in [0.15, 0.2) is 27.6 Å². The molecule has 0 aromatic heterocycles. The van der Waals surface area contributed by atoms with Crippen LogP contribution in [-0.4, -0.2) is 50.1 Å². The Morgan fingerprint density at radius 3 is 2.47 bits per heavy atom. The molecule has 6 nitrogen and oxygen atoms in total. The maximum absolute atomic E-state index is 12.4. The summed E-state index contributed by atoms with van der Waals surface area (Å²) in [4.78, 5) is 10.9. The van der Waals surface area contributed by atoms with E-state index in [1.54, 1.807) is 0 Å². The molecule has 0 amide bonds. The van der Waals surface area contributed by atoms with Crippen molar-refractivity contribution in [2.24, 2.45) is 0 Å². The van der Waals surface area contributed by atoms with Gasteiger partial charge in [-0.05, 0) is 18.2 Å². The minimum absolute atomic E-state index is 0.0267. The van der Waals surface area contributed by atoms with Crippen molar-refractivity contribution < 1.29 is 23.1 Å². The highest BCUT2D eigenvalue weighted by molar-refractivity contribution is 9.10. The lowest BCUT2D eigenvalue weighted by molar-refractivity contribution is 0.0696. The molecular weight excluding hydrogens is 338 g/mol. The molecule has 0 unspecified atom stereocenters. The predicted molar refractivity (Wildman–Crippen MR) is 70.7 cm³/mol. The van der Waals surface area contributed by atoms with Crippen molar-refractivity contribution in [3.63, 3.8) is 0 Å². The molecule has 1 aliphatic rings. The van der Waals surface area contributed by atoms with Crippen LogP contribution in [0, 0.1) is 0 Å². The van der Waals surface area contributed by atoms with Gasteiger partial charge in [-0.1, -0.05) is 15.9 Å². The molecule has 1 aliphatic heterocycles. The molecule has 1 heterocycles. The highest BCUT2D eigenvalue weighted by Gasteiger charge is 2.27. The number of aromatic carboxylic acids is 1. The predicted octanol–water partition coefficient (Wildman–Crippen LogP) is 1.17. The van der Waals surface area contributed by atoms with Crippen LogP contribution in [0.1, 0.15) is 10.4 Å². The number of benzene rings is 1. The van der Waals surface area contributed by atoms with Gasteiger partial charge in [-0.25, -0.2) is 13.2 Å². The van der Waals surface area contributed by atoms with Gasteiger partial charge in [0.15, 0.2) is 0 Å². The third-order valence-corrected chi connectivity index (χ3v) is 5.06. The number of ether oxygens (including phenoxy) is 1. The van der Waals surface area contributed by atoms with E-state index in [1.165, 1.54) is 16.4 Å². The molecule has 0 radical (unpaired) electrons. The van der Waals surface area contributed by atoms with Crippen molar-refractivity contribution in [2.45, 2.75) is 4.90 Å². The molecule has 0 bridgehead atoms. The summed E-state index contributed by atoms with van der Waals surface area (Å²) in [5.74, 6) is -1.17. The number of rotatable bonds is 3. The van der Waals surface area contributed by atoms with Crippen molar-refractivity contribution in [3.8, 4) is 0 Å². The van der Waals surface area contributed by atoms with Crippen LogP contribution in [0.2, 0.25) is 0 Å². The van der Waals surface area contributed by atoms with Gasteiger partial charge in [-0.2, -0.15) is 4.31 Å². The van der Waals surface area contributed by atoms with Crippen molar-refractivity contribution in [3.05, 3.63) is 28.2 Å². The molecule has 2 rings (SSSR count). The van der Waals surface area contributed by atoms with E-state index < -0.39 is 16.0 Å². The SMILES string of the molecule is O=C(O)c1cc(Br)cc(S(=O)(=O)N2CCOCC2)c1. The quantitative estimate of drug-likeness (QED) is 0.885. The molecule has 8 heteroatoms. The Kier molecular flexibility index (Phi) is 4.24. The van der Waals surface area contributed by atoms with E-state index >= 15 is 0 Å². The minimum atomic E-state index is -3.68. The Morgan fingerprint density at radius 2 is 1.89 bits per heavy atom. The molecule has 0 spiro atoms. The van der Waals surface area contributed by atoms with E-state index in [-0.39, 0.29) is 23.5 Å². The Hall–Kier alpha value is -0.960. The van der Waals surface area contributed by atoms with E-state index in [0.29, 0.717) is 17.7 Å². The summed E-state index contributed by atoms with van der Waals surface area (Å²) < 4.78 is 31.6. The number of morpholine rings is 1. The lowest BCUT2D eigenvalue weighted by Crippen LogP contribution is -2.40. The molecule has 1 fully saturated rings. The zero-order chi connectivity index (χ0) is 14.0. The summed E-state index contributed by atoms with van der Waals surface area (Å²) in [7, 11) is -3.68. The average molecular weight is 350 g/mol. The summed E-state index contributed by atoms with van der Waals surface area (Å²) in [5, 5.41) is 8.96. The zero-order valence-corrected chi connectivity index (χ0v) is 12.3. The molecule has 0 atom stereocenters. The van der Waals surface area contributed by atoms with Gasteiger partial charge in [0.05, 0.1) is 23.7 Å². The number of carboxylic acids is 1. The number of carboxylic acid groups (broad SMARTS) is 1. The fraction of sp³-hybridized carbons (Fsp3) is 0.364. The molecule has 1 aromatic carbocycles. The monoisotopic (exact) mass is 349 g/mol. The van der Waals surface area contributed by atoms with Gasteiger partial charge < -0.3 is 9.84 Å². The standard InChI is InChI=1S/C11H12BrNO5S/c12-9-5-8(11(14)15)6-10(7-9)19(16,17)13-1-3-18-4-2-13/h5-7H,1-4H2,(H,14,15). The fourth-order valence-electron chi connectivity index (χ4n) is 1.77. The maximum atomic E-state index is 12.4. The van der Waals surface area contributed by atoms with Gasteiger partial charge in [-0.15, -0.1) is 0 Å². The van der Waals surface area contributed by atoms with Crippen LogP contribution in [0.4, 0.5) is 0 Å². The van der Waals surface area contributed by atoms with E-state index in [0.717, 1.165) is 6.07 Å². The number of sulfonamides is 1. The van der Waals surface area contributed by atoms with Crippen LogP contribution in [0.3, 0.4) is 0 Å². The van der Waals surface area contributed by atoms with Gasteiger partial charge in [0.25, 0.3) is 0 Å². The lowest BCUT2D eigenvalue weighted by atomic mass is 10.2. The average Bonchev–Trinajstić information content (AvgIpc) is 2.39. The first kappa shape index (κ1) is 14.4. The first-order valence-corrected chi connectivity index (χ1v) is 7.76. The second kappa shape index (κ2) is 5.58. The summed E-state index contributed by atoms with van der Waals surface area (Å²) in [6.07, 6.45) is 0. The van der Waals surface area contributed by atoms with E-state index in [4.69, 9.17) is 9.84 Å². The van der Waals surface area contributed by atoms with Crippen LogP contribution in [0.5, 0.6) is 0 Å². The van der Waals surface area contributed by atoms with Crippen molar-refractivity contribution >= 4 is 31.9 Å². The van der Waals surface area contributed by atoms with E-state index in [9.17, 15) is 13.2 Å². The number of carbonyl (C=O) groups is 1. The topological polar surface area (TPSA) is 83.9 Å². The van der Waals surface area contributed by atoms with Crippen molar-refractivity contribution in [2.75, 3.05) is 26.3 Å². The third kappa shape index (κ3) is 3.14. The highest BCUT2D eigenvalue weighted by atomic mass is 79.9. The highest BCUT2D eigenvalue weighted by Crippen LogP contribution is 2.23. The van der Waals surface area contributed by atoms with Crippen LogP contribution < -0.4 is 0 Å². The number of halogens is 1. The van der Waals surface area contributed by atoms with E-state index in [1.807, 2.05) is 0 Å². The molecular formula is C11H12BrNO5S. The second-order valence-electron chi connectivity index (χ2n) is 4.00. The summed E-state index contributed by atoms with van der Waals surface area (Å²) >= 11 is 3.13. The molecule has 0 aliphatic carbocycles. The minimum Gasteiger partial charge on any atom is -0.478 e.